The summed E-state index contributed by atoms with van der Waals surface area (Å²) in [6.45, 7) is 4.86. The van der Waals surface area contributed by atoms with Gasteiger partial charge in [0, 0.05) is 18.2 Å². The van der Waals surface area contributed by atoms with Gasteiger partial charge in [-0.15, -0.1) is 0 Å². The fraction of sp³-hybridized carbons (Fsp3) is 0.462. The van der Waals surface area contributed by atoms with Crippen molar-refractivity contribution in [2.45, 2.75) is 24.8 Å². The second-order valence-electron chi connectivity index (χ2n) is 4.88. The summed E-state index contributed by atoms with van der Waals surface area (Å²) < 4.78 is 32.0. The molecule has 1 fully saturated rings. The molecular formula is C13H18N2O3S2. The van der Waals surface area contributed by atoms with Crippen LogP contribution < -0.4 is 5.73 Å². The molecule has 1 aliphatic heterocycles. The van der Waals surface area contributed by atoms with Gasteiger partial charge in [-0.3, -0.25) is 0 Å². The summed E-state index contributed by atoms with van der Waals surface area (Å²) in [7, 11) is -3.51. The summed E-state index contributed by atoms with van der Waals surface area (Å²) in [6.07, 6.45) is 0. The van der Waals surface area contributed by atoms with Gasteiger partial charge < -0.3 is 10.5 Å². The molecule has 0 aromatic heterocycles. The monoisotopic (exact) mass is 314 g/mol. The molecule has 0 amide bonds. The molecule has 1 saturated heterocycles. The van der Waals surface area contributed by atoms with Gasteiger partial charge in [0.2, 0.25) is 10.0 Å². The van der Waals surface area contributed by atoms with Gasteiger partial charge in [-0.25, -0.2) is 8.42 Å². The Bertz CT molecular complexity index is 629. The first-order chi connectivity index (χ1) is 9.34. The standard InChI is InChI=1S/C13H18N2O3S2/c1-9-7-11(3-4-12(9)13(14)19)20(16,17)15-5-6-18-8-10(15)2/h3-4,7,10H,5-6,8H2,1-2H3,(H2,14,19). The molecule has 2 N–H and O–H groups in total. The molecule has 1 aromatic carbocycles. The Kier molecular flexibility index (Phi) is 4.43. The van der Waals surface area contributed by atoms with E-state index in [0.717, 1.165) is 5.56 Å². The molecule has 110 valence electrons. The minimum atomic E-state index is -3.51. The number of sulfonamides is 1. The summed E-state index contributed by atoms with van der Waals surface area (Å²) in [6, 6.07) is 4.67. The van der Waals surface area contributed by atoms with E-state index >= 15 is 0 Å². The molecule has 1 heterocycles. The van der Waals surface area contributed by atoms with Crippen LogP contribution in [0.1, 0.15) is 18.1 Å². The number of hydrogen-bond acceptors (Lipinski definition) is 4. The zero-order valence-corrected chi connectivity index (χ0v) is 13.1. The Hall–Kier alpha value is -1.02. The molecule has 0 radical (unpaired) electrons. The summed E-state index contributed by atoms with van der Waals surface area (Å²) in [5.74, 6) is 0. The molecule has 0 aliphatic carbocycles. The van der Waals surface area contributed by atoms with Gasteiger partial charge in [0.25, 0.3) is 0 Å². The van der Waals surface area contributed by atoms with E-state index in [1.807, 2.05) is 6.92 Å². The Morgan fingerprint density at radius 3 is 2.75 bits per heavy atom. The maximum atomic E-state index is 12.6. The minimum absolute atomic E-state index is 0.163. The van der Waals surface area contributed by atoms with Crippen LogP contribution in [0.2, 0.25) is 0 Å². The Balaban J connectivity index is 2.39. The first-order valence-corrected chi connectivity index (χ1v) is 8.19. The predicted molar refractivity (Wildman–Crippen MR) is 81.2 cm³/mol. The zero-order valence-electron chi connectivity index (χ0n) is 11.5. The van der Waals surface area contributed by atoms with Gasteiger partial charge >= 0.3 is 0 Å². The van der Waals surface area contributed by atoms with Crippen LogP contribution in [-0.4, -0.2) is 43.5 Å². The van der Waals surface area contributed by atoms with Crippen LogP contribution in [0, 0.1) is 6.92 Å². The van der Waals surface area contributed by atoms with Crippen molar-refractivity contribution in [3.05, 3.63) is 29.3 Å². The normalized spacial score (nSPS) is 20.8. The molecule has 1 aromatic rings. The van der Waals surface area contributed by atoms with Crippen molar-refractivity contribution in [1.82, 2.24) is 4.31 Å². The lowest BCUT2D eigenvalue weighted by Crippen LogP contribution is -2.46. The van der Waals surface area contributed by atoms with Gasteiger partial charge in [-0.1, -0.05) is 18.3 Å². The zero-order chi connectivity index (χ0) is 14.9. The Morgan fingerprint density at radius 1 is 1.50 bits per heavy atom. The SMILES string of the molecule is Cc1cc(S(=O)(=O)N2CCOCC2C)ccc1C(N)=S. The smallest absolute Gasteiger partial charge is 0.243 e. The van der Waals surface area contributed by atoms with E-state index in [1.54, 1.807) is 25.1 Å². The fourth-order valence-electron chi connectivity index (χ4n) is 2.28. The van der Waals surface area contributed by atoms with Crippen LogP contribution >= 0.6 is 12.2 Å². The van der Waals surface area contributed by atoms with E-state index in [9.17, 15) is 8.42 Å². The lowest BCUT2D eigenvalue weighted by molar-refractivity contribution is 0.0393. The largest absolute Gasteiger partial charge is 0.389 e. The first-order valence-electron chi connectivity index (χ1n) is 6.34. The second kappa shape index (κ2) is 5.77. The molecule has 7 heteroatoms. The highest BCUT2D eigenvalue weighted by Crippen LogP contribution is 2.22. The van der Waals surface area contributed by atoms with E-state index in [2.05, 4.69) is 0 Å². The average molecular weight is 314 g/mol. The maximum Gasteiger partial charge on any atom is 0.243 e. The minimum Gasteiger partial charge on any atom is -0.389 e. The molecule has 0 bridgehead atoms. The highest BCUT2D eigenvalue weighted by molar-refractivity contribution is 7.89. The molecular weight excluding hydrogens is 296 g/mol. The number of morpholine rings is 1. The van der Waals surface area contributed by atoms with E-state index in [0.29, 0.717) is 25.3 Å². The number of nitrogens with zero attached hydrogens (tertiary/aromatic N) is 1. The fourth-order valence-corrected chi connectivity index (χ4v) is 4.19. The number of nitrogens with two attached hydrogens (primary N) is 1. The van der Waals surface area contributed by atoms with Crippen molar-refractivity contribution in [1.29, 1.82) is 0 Å². The van der Waals surface area contributed by atoms with Gasteiger partial charge in [0.15, 0.2) is 0 Å². The number of hydrogen-bond donors (Lipinski definition) is 1. The van der Waals surface area contributed by atoms with E-state index < -0.39 is 10.0 Å². The maximum absolute atomic E-state index is 12.6. The summed E-state index contributed by atoms with van der Waals surface area (Å²) in [5, 5.41) is 0. The number of aryl methyl sites for hydroxylation is 1. The lowest BCUT2D eigenvalue weighted by atomic mass is 10.1. The van der Waals surface area contributed by atoms with Gasteiger partial charge in [0.05, 0.1) is 18.1 Å². The van der Waals surface area contributed by atoms with Crippen LogP contribution in [0.4, 0.5) is 0 Å². The van der Waals surface area contributed by atoms with Crippen LogP contribution in [0.15, 0.2) is 23.1 Å². The topological polar surface area (TPSA) is 72.6 Å². The molecule has 5 nitrogen and oxygen atoms in total. The van der Waals surface area contributed by atoms with Crippen molar-refractivity contribution in [3.63, 3.8) is 0 Å². The van der Waals surface area contributed by atoms with Crippen LogP contribution in [0.3, 0.4) is 0 Å². The third kappa shape index (κ3) is 2.85. The highest BCUT2D eigenvalue weighted by Gasteiger charge is 2.31. The summed E-state index contributed by atoms with van der Waals surface area (Å²) >= 11 is 4.93. The van der Waals surface area contributed by atoms with E-state index in [1.165, 1.54) is 4.31 Å². The second-order valence-corrected chi connectivity index (χ2v) is 7.21. The number of rotatable bonds is 3. The third-order valence-electron chi connectivity index (χ3n) is 3.38. The van der Waals surface area contributed by atoms with Crippen molar-refractivity contribution in [2.24, 2.45) is 5.73 Å². The lowest BCUT2D eigenvalue weighted by Gasteiger charge is -2.32. The van der Waals surface area contributed by atoms with Crippen LogP contribution in [0.25, 0.3) is 0 Å². The summed E-state index contributed by atoms with van der Waals surface area (Å²) in [5.41, 5.74) is 7.06. The van der Waals surface area contributed by atoms with Crippen molar-refractivity contribution < 1.29 is 13.2 Å². The highest BCUT2D eigenvalue weighted by atomic mass is 32.2. The molecule has 2 rings (SSSR count). The number of thiocarbonyl (C=S) groups is 1. The van der Waals surface area contributed by atoms with Gasteiger partial charge in [0.1, 0.15) is 4.99 Å². The average Bonchev–Trinajstić information content (AvgIpc) is 2.38. The van der Waals surface area contributed by atoms with Crippen molar-refractivity contribution >= 4 is 27.2 Å². The Labute approximate surface area is 124 Å². The predicted octanol–water partition coefficient (Wildman–Crippen LogP) is 1.04. The van der Waals surface area contributed by atoms with Crippen molar-refractivity contribution in [2.75, 3.05) is 19.8 Å². The van der Waals surface area contributed by atoms with E-state index in [-0.39, 0.29) is 15.9 Å². The van der Waals surface area contributed by atoms with Crippen molar-refractivity contribution in [3.8, 4) is 0 Å². The first kappa shape index (κ1) is 15.4. The Morgan fingerprint density at radius 2 is 2.20 bits per heavy atom. The molecule has 1 aliphatic rings. The third-order valence-corrected chi connectivity index (χ3v) is 5.61. The molecule has 0 saturated carbocycles. The molecule has 1 atom stereocenters. The van der Waals surface area contributed by atoms with Gasteiger partial charge in [-0.2, -0.15) is 4.31 Å². The number of ether oxygens (including phenoxy) is 1. The van der Waals surface area contributed by atoms with Gasteiger partial charge in [-0.05, 0) is 31.5 Å². The summed E-state index contributed by atoms with van der Waals surface area (Å²) in [4.78, 5) is 0.537. The number of benzene rings is 1. The molecule has 0 spiro atoms. The van der Waals surface area contributed by atoms with Crippen LogP contribution in [0.5, 0.6) is 0 Å². The molecule has 1 unspecified atom stereocenters. The molecule has 20 heavy (non-hydrogen) atoms. The van der Waals surface area contributed by atoms with Crippen LogP contribution in [-0.2, 0) is 14.8 Å². The van der Waals surface area contributed by atoms with E-state index in [4.69, 9.17) is 22.7 Å². The quantitative estimate of drug-likeness (QED) is 0.844.